The van der Waals surface area contributed by atoms with Gasteiger partial charge < -0.3 is 0 Å². The lowest BCUT2D eigenvalue weighted by Gasteiger charge is -2.07. The predicted octanol–water partition coefficient (Wildman–Crippen LogP) is 1.14. The van der Waals surface area contributed by atoms with Crippen LogP contribution in [0.2, 0.25) is 0 Å². The molecule has 0 aliphatic heterocycles. The third kappa shape index (κ3) is 3.33. The van der Waals surface area contributed by atoms with Crippen LogP contribution in [0, 0.1) is 0 Å². The van der Waals surface area contributed by atoms with Gasteiger partial charge in [-0.2, -0.15) is 4.98 Å². The highest BCUT2D eigenvalue weighted by Gasteiger charge is 2.04. The van der Waals surface area contributed by atoms with Crippen LogP contribution in [0.5, 0.6) is 0 Å². The second-order valence-corrected chi connectivity index (χ2v) is 4.48. The van der Waals surface area contributed by atoms with Gasteiger partial charge in [0.1, 0.15) is 12.1 Å². The van der Waals surface area contributed by atoms with Gasteiger partial charge in [0.2, 0.25) is 5.95 Å². The first-order chi connectivity index (χ1) is 10.8. The van der Waals surface area contributed by atoms with Crippen molar-refractivity contribution in [3.8, 4) is 5.82 Å². The molecule has 3 aromatic rings. The first kappa shape index (κ1) is 13.9. The molecule has 7 heteroatoms. The van der Waals surface area contributed by atoms with Crippen LogP contribution in [0.4, 0.5) is 5.95 Å². The SMILES string of the molecule is O=c1nc(NNCc2ccccc2)ncn1-c1ccccn1. The molecular weight excluding hydrogens is 280 g/mol. The summed E-state index contributed by atoms with van der Waals surface area (Å²) in [6.45, 7) is 0.591. The quantitative estimate of drug-likeness (QED) is 0.686. The van der Waals surface area contributed by atoms with Gasteiger partial charge in [0.05, 0.1) is 0 Å². The third-order valence-electron chi connectivity index (χ3n) is 2.93. The molecule has 0 spiro atoms. The van der Waals surface area contributed by atoms with Gasteiger partial charge in [-0.1, -0.05) is 36.4 Å². The maximum Gasteiger partial charge on any atom is 0.357 e. The number of aromatic nitrogens is 4. The van der Waals surface area contributed by atoms with E-state index in [-0.39, 0.29) is 5.95 Å². The molecule has 2 aromatic heterocycles. The molecule has 0 saturated carbocycles. The van der Waals surface area contributed by atoms with Gasteiger partial charge in [-0.15, -0.1) is 0 Å². The van der Waals surface area contributed by atoms with Crippen molar-refractivity contribution in [3.05, 3.63) is 77.1 Å². The predicted molar refractivity (Wildman–Crippen MR) is 82.3 cm³/mol. The standard InChI is InChI=1S/C15H14N6O/c22-15-19-14(20-18-10-12-6-2-1-3-7-12)17-11-21(15)13-8-4-5-9-16-13/h1-9,11,18H,10H2,(H,19,20,22). The molecule has 22 heavy (non-hydrogen) atoms. The zero-order valence-electron chi connectivity index (χ0n) is 11.7. The highest BCUT2D eigenvalue weighted by atomic mass is 16.1. The van der Waals surface area contributed by atoms with Crippen LogP contribution < -0.4 is 16.5 Å². The second kappa shape index (κ2) is 6.59. The maximum absolute atomic E-state index is 12.0. The van der Waals surface area contributed by atoms with Crippen LogP contribution in [0.1, 0.15) is 5.56 Å². The van der Waals surface area contributed by atoms with Crippen LogP contribution in [0.25, 0.3) is 5.82 Å². The van der Waals surface area contributed by atoms with Gasteiger partial charge in [0, 0.05) is 12.7 Å². The fraction of sp³-hybridized carbons (Fsp3) is 0.0667. The lowest BCUT2D eigenvalue weighted by Crippen LogP contribution is -2.28. The molecule has 0 amide bonds. The Balaban J connectivity index is 1.66. The lowest BCUT2D eigenvalue weighted by atomic mass is 10.2. The fourth-order valence-corrected chi connectivity index (χ4v) is 1.87. The number of anilines is 1. The number of benzene rings is 1. The van der Waals surface area contributed by atoms with E-state index in [1.807, 2.05) is 30.3 Å². The van der Waals surface area contributed by atoms with E-state index >= 15 is 0 Å². The van der Waals surface area contributed by atoms with Crippen LogP contribution in [-0.2, 0) is 6.54 Å². The van der Waals surface area contributed by atoms with Crippen molar-refractivity contribution in [1.82, 2.24) is 24.9 Å². The van der Waals surface area contributed by atoms with Crippen molar-refractivity contribution < 1.29 is 0 Å². The van der Waals surface area contributed by atoms with Gasteiger partial charge in [0.15, 0.2) is 0 Å². The van der Waals surface area contributed by atoms with Gasteiger partial charge in [-0.05, 0) is 17.7 Å². The molecule has 2 N–H and O–H groups in total. The summed E-state index contributed by atoms with van der Waals surface area (Å²) in [7, 11) is 0. The zero-order chi connectivity index (χ0) is 15.2. The Kier molecular flexibility index (Phi) is 4.17. The summed E-state index contributed by atoms with van der Waals surface area (Å²) < 4.78 is 1.28. The van der Waals surface area contributed by atoms with E-state index in [4.69, 9.17) is 0 Å². The van der Waals surface area contributed by atoms with Gasteiger partial charge in [0.25, 0.3) is 0 Å². The van der Waals surface area contributed by atoms with E-state index in [0.29, 0.717) is 12.4 Å². The molecule has 0 atom stereocenters. The monoisotopic (exact) mass is 294 g/mol. The lowest BCUT2D eigenvalue weighted by molar-refractivity contribution is 0.763. The van der Waals surface area contributed by atoms with Crippen LogP contribution >= 0.6 is 0 Å². The first-order valence-corrected chi connectivity index (χ1v) is 6.73. The minimum atomic E-state index is -0.447. The highest BCUT2D eigenvalue weighted by molar-refractivity contribution is 5.24. The molecule has 0 radical (unpaired) electrons. The number of pyridine rings is 1. The van der Waals surface area contributed by atoms with Crippen LogP contribution in [-0.4, -0.2) is 19.5 Å². The average molecular weight is 294 g/mol. The zero-order valence-corrected chi connectivity index (χ0v) is 11.7. The summed E-state index contributed by atoms with van der Waals surface area (Å²) >= 11 is 0. The van der Waals surface area contributed by atoms with E-state index in [0.717, 1.165) is 5.56 Å². The van der Waals surface area contributed by atoms with E-state index in [9.17, 15) is 4.79 Å². The molecule has 2 heterocycles. The number of nitrogens with zero attached hydrogens (tertiary/aromatic N) is 4. The summed E-state index contributed by atoms with van der Waals surface area (Å²) in [4.78, 5) is 24.0. The number of nitrogens with one attached hydrogen (secondary N) is 2. The first-order valence-electron chi connectivity index (χ1n) is 6.73. The van der Waals surface area contributed by atoms with E-state index in [2.05, 4.69) is 25.8 Å². The van der Waals surface area contributed by atoms with E-state index in [1.54, 1.807) is 24.4 Å². The second-order valence-electron chi connectivity index (χ2n) is 4.48. The smallest absolute Gasteiger partial charge is 0.289 e. The number of hydrogen-bond acceptors (Lipinski definition) is 6. The Morgan fingerprint density at radius 2 is 1.82 bits per heavy atom. The Labute approximate surface area is 126 Å². The van der Waals surface area contributed by atoms with E-state index < -0.39 is 5.69 Å². The normalized spacial score (nSPS) is 10.4. The van der Waals surface area contributed by atoms with Crippen molar-refractivity contribution >= 4 is 5.95 Å². The summed E-state index contributed by atoms with van der Waals surface area (Å²) in [6, 6.07) is 15.1. The van der Waals surface area contributed by atoms with Crippen LogP contribution in [0.15, 0.2) is 65.8 Å². The number of hydrazine groups is 1. The minimum Gasteiger partial charge on any atom is -0.289 e. The third-order valence-corrected chi connectivity index (χ3v) is 2.93. The Morgan fingerprint density at radius 1 is 1.00 bits per heavy atom. The molecule has 110 valence electrons. The topological polar surface area (TPSA) is 84.7 Å². The fourth-order valence-electron chi connectivity index (χ4n) is 1.87. The van der Waals surface area contributed by atoms with Gasteiger partial charge in [-0.3, -0.25) is 5.43 Å². The van der Waals surface area contributed by atoms with Crippen molar-refractivity contribution in [3.63, 3.8) is 0 Å². The molecule has 0 aliphatic rings. The highest BCUT2D eigenvalue weighted by Crippen LogP contribution is 2.00. The van der Waals surface area contributed by atoms with Crippen molar-refractivity contribution in [2.24, 2.45) is 0 Å². The number of rotatable bonds is 5. The molecule has 0 unspecified atom stereocenters. The Hall–Kier alpha value is -3.06. The molecule has 3 rings (SSSR count). The molecule has 0 bridgehead atoms. The number of hydrogen-bond donors (Lipinski definition) is 2. The Bertz CT molecular complexity index is 788. The summed E-state index contributed by atoms with van der Waals surface area (Å²) in [5, 5.41) is 0. The molecule has 0 fully saturated rings. The van der Waals surface area contributed by atoms with Crippen molar-refractivity contribution in [2.45, 2.75) is 6.54 Å². The molecule has 0 aliphatic carbocycles. The Morgan fingerprint density at radius 3 is 2.55 bits per heavy atom. The van der Waals surface area contributed by atoms with Gasteiger partial charge in [-0.25, -0.2) is 24.8 Å². The van der Waals surface area contributed by atoms with Crippen LogP contribution in [0.3, 0.4) is 0 Å². The minimum absolute atomic E-state index is 0.216. The largest absolute Gasteiger partial charge is 0.357 e. The summed E-state index contributed by atoms with van der Waals surface area (Å²) in [5.41, 5.74) is 6.43. The maximum atomic E-state index is 12.0. The summed E-state index contributed by atoms with van der Waals surface area (Å²) in [6.07, 6.45) is 3.00. The molecule has 7 nitrogen and oxygen atoms in total. The molecular formula is C15H14N6O. The van der Waals surface area contributed by atoms with Crippen molar-refractivity contribution in [2.75, 3.05) is 5.43 Å². The average Bonchev–Trinajstić information content (AvgIpc) is 2.57. The van der Waals surface area contributed by atoms with E-state index in [1.165, 1.54) is 10.9 Å². The molecule has 1 aromatic carbocycles. The van der Waals surface area contributed by atoms with Gasteiger partial charge >= 0.3 is 5.69 Å². The molecule has 0 saturated heterocycles. The van der Waals surface area contributed by atoms with Crippen molar-refractivity contribution in [1.29, 1.82) is 0 Å². The summed E-state index contributed by atoms with van der Waals surface area (Å²) in [5.74, 6) is 0.699.